The number of pyridine rings is 1. The number of hydrogen-bond acceptors (Lipinski definition) is 3. The molecule has 0 saturated heterocycles. The minimum atomic E-state index is 0.273. The number of benzene rings is 1. The first kappa shape index (κ1) is 13.7. The van der Waals surface area contributed by atoms with Crippen molar-refractivity contribution in [3.63, 3.8) is 0 Å². The molecule has 1 heterocycles. The maximum Gasteiger partial charge on any atom is 0.152 e. The lowest BCUT2D eigenvalue weighted by molar-refractivity contribution is 0.414. The minimum absolute atomic E-state index is 0.273. The molecule has 0 spiro atoms. The number of anilines is 1. The molecule has 19 heavy (non-hydrogen) atoms. The summed E-state index contributed by atoms with van der Waals surface area (Å²) in [6, 6.07) is 12.2. The van der Waals surface area contributed by atoms with Crippen molar-refractivity contribution in [2.75, 3.05) is 12.4 Å². The zero-order chi connectivity index (χ0) is 13.7. The number of halogens is 1. The molecule has 1 N–H and O–H groups in total. The average Bonchev–Trinajstić information content (AvgIpc) is 2.42. The van der Waals surface area contributed by atoms with E-state index in [1.54, 1.807) is 13.3 Å². The van der Waals surface area contributed by atoms with Crippen molar-refractivity contribution in [3.8, 4) is 5.75 Å². The van der Waals surface area contributed by atoms with Crippen LogP contribution in [0.5, 0.6) is 5.75 Å². The highest BCUT2D eigenvalue weighted by Crippen LogP contribution is 2.20. The number of methoxy groups -OCH3 is 1. The van der Waals surface area contributed by atoms with Gasteiger partial charge in [-0.2, -0.15) is 0 Å². The van der Waals surface area contributed by atoms with Crippen LogP contribution in [0.2, 0.25) is 5.15 Å². The van der Waals surface area contributed by atoms with Crippen molar-refractivity contribution in [2.24, 2.45) is 0 Å². The van der Waals surface area contributed by atoms with Gasteiger partial charge in [-0.15, -0.1) is 0 Å². The van der Waals surface area contributed by atoms with Gasteiger partial charge in [0.2, 0.25) is 0 Å². The average molecular weight is 277 g/mol. The minimum Gasteiger partial charge on any atom is -0.497 e. The van der Waals surface area contributed by atoms with E-state index in [4.69, 9.17) is 16.3 Å². The van der Waals surface area contributed by atoms with Gasteiger partial charge in [-0.1, -0.05) is 23.7 Å². The maximum atomic E-state index is 6.02. The first-order chi connectivity index (χ1) is 9.19. The Bertz CT molecular complexity index is 528. The highest BCUT2D eigenvalue weighted by molar-refractivity contribution is 6.31. The monoisotopic (exact) mass is 276 g/mol. The van der Waals surface area contributed by atoms with E-state index in [0.717, 1.165) is 17.9 Å². The molecule has 1 aromatic heterocycles. The second kappa shape index (κ2) is 6.43. The molecule has 1 aromatic carbocycles. The fourth-order valence-corrected chi connectivity index (χ4v) is 2.10. The molecule has 0 aliphatic carbocycles. The van der Waals surface area contributed by atoms with Crippen LogP contribution in [0, 0.1) is 0 Å². The summed E-state index contributed by atoms with van der Waals surface area (Å²) in [5.41, 5.74) is 2.12. The Morgan fingerprint density at radius 3 is 2.63 bits per heavy atom. The molecule has 100 valence electrons. The number of nitrogens with zero attached hydrogens (tertiary/aromatic N) is 1. The van der Waals surface area contributed by atoms with Crippen LogP contribution in [-0.2, 0) is 6.42 Å². The van der Waals surface area contributed by atoms with E-state index in [-0.39, 0.29) is 6.04 Å². The first-order valence-electron chi connectivity index (χ1n) is 6.19. The van der Waals surface area contributed by atoms with Crippen molar-refractivity contribution < 1.29 is 4.74 Å². The summed E-state index contributed by atoms with van der Waals surface area (Å²) in [6.45, 7) is 2.12. The zero-order valence-electron chi connectivity index (χ0n) is 11.1. The predicted molar refractivity (Wildman–Crippen MR) is 79.0 cm³/mol. The summed E-state index contributed by atoms with van der Waals surface area (Å²) in [7, 11) is 1.67. The SMILES string of the molecule is COc1ccc(CC(C)Nc2cccnc2Cl)cc1. The third-order valence-corrected chi connectivity index (χ3v) is 3.16. The third-order valence-electron chi connectivity index (χ3n) is 2.86. The molecular weight excluding hydrogens is 260 g/mol. The lowest BCUT2D eigenvalue weighted by atomic mass is 10.1. The number of ether oxygens (including phenoxy) is 1. The Hall–Kier alpha value is -1.74. The van der Waals surface area contributed by atoms with E-state index in [9.17, 15) is 0 Å². The predicted octanol–water partition coefficient (Wildman–Crippen LogP) is 3.79. The molecule has 0 radical (unpaired) electrons. The summed E-state index contributed by atoms with van der Waals surface area (Å²) in [6.07, 6.45) is 2.59. The Morgan fingerprint density at radius 1 is 1.26 bits per heavy atom. The van der Waals surface area contributed by atoms with Crippen molar-refractivity contribution in [3.05, 3.63) is 53.3 Å². The van der Waals surface area contributed by atoms with E-state index in [0.29, 0.717) is 5.15 Å². The number of rotatable bonds is 5. The van der Waals surface area contributed by atoms with Crippen LogP contribution in [-0.4, -0.2) is 18.1 Å². The Kier molecular flexibility index (Phi) is 4.63. The van der Waals surface area contributed by atoms with Gasteiger partial charge in [0.25, 0.3) is 0 Å². The fourth-order valence-electron chi connectivity index (χ4n) is 1.93. The molecular formula is C15H17ClN2O. The normalized spacial score (nSPS) is 11.9. The fraction of sp³-hybridized carbons (Fsp3) is 0.267. The molecule has 1 atom stereocenters. The van der Waals surface area contributed by atoms with Crippen LogP contribution in [0.1, 0.15) is 12.5 Å². The maximum absolute atomic E-state index is 6.02. The van der Waals surface area contributed by atoms with Gasteiger partial charge in [-0.3, -0.25) is 0 Å². The van der Waals surface area contributed by atoms with E-state index in [2.05, 4.69) is 29.4 Å². The zero-order valence-corrected chi connectivity index (χ0v) is 11.8. The van der Waals surface area contributed by atoms with E-state index >= 15 is 0 Å². The smallest absolute Gasteiger partial charge is 0.152 e. The van der Waals surface area contributed by atoms with E-state index in [1.165, 1.54) is 5.56 Å². The Labute approximate surface area is 118 Å². The summed E-state index contributed by atoms with van der Waals surface area (Å²) in [4.78, 5) is 4.05. The Morgan fingerprint density at radius 2 is 2.00 bits per heavy atom. The van der Waals surface area contributed by atoms with Crippen LogP contribution in [0.4, 0.5) is 5.69 Å². The molecule has 3 nitrogen and oxygen atoms in total. The highest BCUT2D eigenvalue weighted by atomic mass is 35.5. The quantitative estimate of drug-likeness (QED) is 0.844. The number of hydrogen-bond donors (Lipinski definition) is 1. The molecule has 0 bridgehead atoms. The molecule has 0 fully saturated rings. The number of aromatic nitrogens is 1. The summed E-state index contributed by atoms with van der Waals surface area (Å²) >= 11 is 6.02. The van der Waals surface area contributed by atoms with E-state index in [1.807, 2.05) is 24.3 Å². The molecule has 0 aliphatic rings. The molecule has 0 saturated carbocycles. The van der Waals surface area contributed by atoms with Crippen molar-refractivity contribution in [2.45, 2.75) is 19.4 Å². The van der Waals surface area contributed by atoms with Crippen molar-refractivity contribution >= 4 is 17.3 Å². The number of nitrogens with one attached hydrogen (secondary N) is 1. The third kappa shape index (κ3) is 3.86. The van der Waals surface area contributed by atoms with Crippen LogP contribution >= 0.6 is 11.6 Å². The molecule has 4 heteroatoms. The molecule has 1 unspecified atom stereocenters. The van der Waals surface area contributed by atoms with Crippen molar-refractivity contribution in [1.82, 2.24) is 4.98 Å². The van der Waals surface area contributed by atoms with Crippen LogP contribution < -0.4 is 10.1 Å². The van der Waals surface area contributed by atoms with Gasteiger partial charge >= 0.3 is 0 Å². The lowest BCUT2D eigenvalue weighted by Crippen LogP contribution is -2.18. The van der Waals surface area contributed by atoms with Gasteiger partial charge in [0.15, 0.2) is 5.15 Å². The summed E-state index contributed by atoms with van der Waals surface area (Å²) < 4.78 is 5.14. The molecule has 2 aromatic rings. The molecule has 2 rings (SSSR count). The lowest BCUT2D eigenvalue weighted by Gasteiger charge is -2.16. The van der Waals surface area contributed by atoms with Crippen LogP contribution in [0.3, 0.4) is 0 Å². The molecule has 0 amide bonds. The first-order valence-corrected chi connectivity index (χ1v) is 6.57. The highest BCUT2D eigenvalue weighted by Gasteiger charge is 2.06. The largest absolute Gasteiger partial charge is 0.497 e. The van der Waals surface area contributed by atoms with Gasteiger partial charge in [-0.25, -0.2) is 4.98 Å². The molecule has 0 aliphatic heterocycles. The topological polar surface area (TPSA) is 34.1 Å². The second-order valence-electron chi connectivity index (χ2n) is 4.44. The summed E-state index contributed by atoms with van der Waals surface area (Å²) in [5, 5.41) is 3.87. The van der Waals surface area contributed by atoms with Crippen LogP contribution in [0.25, 0.3) is 0 Å². The van der Waals surface area contributed by atoms with E-state index < -0.39 is 0 Å². The van der Waals surface area contributed by atoms with Gasteiger partial charge in [0, 0.05) is 12.2 Å². The van der Waals surface area contributed by atoms with Gasteiger partial charge in [-0.05, 0) is 43.2 Å². The van der Waals surface area contributed by atoms with Gasteiger partial charge in [0.05, 0.1) is 12.8 Å². The summed E-state index contributed by atoms with van der Waals surface area (Å²) in [5.74, 6) is 0.875. The van der Waals surface area contributed by atoms with Gasteiger partial charge < -0.3 is 10.1 Å². The van der Waals surface area contributed by atoms with Gasteiger partial charge in [0.1, 0.15) is 5.75 Å². The second-order valence-corrected chi connectivity index (χ2v) is 4.80. The van der Waals surface area contributed by atoms with Crippen molar-refractivity contribution in [1.29, 1.82) is 0 Å². The standard InChI is InChI=1S/C15H17ClN2O/c1-11(18-14-4-3-9-17-15(14)16)10-12-5-7-13(19-2)8-6-12/h3-9,11,18H,10H2,1-2H3. The van der Waals surface area contributed by atoms with Crippen LogP contribution in [0.15, 0.2) is 42.6 Å². The Balaban J connectivity index is 1.97.